The van der Waals surface area contributed by atoms with E-state index in [4.69, 9.17) is 0 Å². The Labute approximate surface area is 176 Å². The molecule has 156 valence electrons. The number of carbonyl (C=O) groups is 1. The lowest BCUT2D eigenvalue weighted by Gasteiger charge is -2.49. The van der Waals surface area contributed by atoms with Crippen molar-refractivity contribution in [2.75, 3.05) is 36.0 Å². The summed E-state index contributed by atoms with van der Waals surface area (Å²) in [6, 6.07) is 13.5. The second kappa shape index (κ2) is 8.18. The number of nitro groups is 1. The summed E-state index contributed by atoms with van der Waals surface area (Å²) in [5, 5.41) is 14.2. The lowest BCUT2D eigenvalue weighted by atomic mass is 9.83. The molecule has 2 aromatic rings. The molecular formula is C23H26N4O3. The van der Waals surface area contributed by atoms with Gasteiger partial charge in [-0.05, 0) is 37.1 Å². The topological polar surface area (TPSA) is 78.7 Å². The van der Waals surface area contributed by atoms with Crippen LogP contribution in [0.5, 0.6) is 0 Å². The van der Waals surface area contributed by atoms with Crippen LogP contribution >= 0.6 is 0 Å². The fourth-order valence-electron chi connectivity index (χ4n) is 4.52. The third-order valence-corrected chi connectivity index (χ3v) is 6.06. The van der Waals surface area contributed by atoms with Crippen LogP contribution in [0.4, 0.5) is 17.1 Å². The molecule has 2 atom stereocenters. The smallest absolute Gasteiger partial charge is 0.269 e. The van der Waals surface area contributed by atoms with Crippen molar-refractivity contribution in [3.8, 4) is 0 Å². The van der Waals surface area contributed by atoms with Crippen molar-refractivity contribution in [3.63, 3.8) is 0 Å². The van der Waals surface area contributed by atoms with Crippen molar-refractivity contribution in [1.29, 1.82) is 0 Å². The van der Waals surface area contributed by atoms with E-state index in [1.807, 2.05) is 6.07 Å². The number of aryl methyl sites for hydroxylation is 1. The van der Waals surface area contributed by atoms with E-state index in [9.17, 15) is 14.9 Å². The van der Waals surface area contributed by atoms with Gasteiger partial charge in [-0.25, -0.2) is 0 Å². The maximum Gasteiger partial charge on any atom is 0.269 e. The average molecular weight is 406 g/mol. The van der Waals surface area contributed by atoms with Crippen molar-refractivity contribution in [1.82, 2.24) is 5.32 Å². The first kappa shape index (κ1) is 19.9. The minimum atomic E-state index is -0.380. The number of non-ortho nitro benzene ring substituents is 1. The molecule has 2 aliphatic heterocycles. The molecule has 0 radical (unpaired) electrons. The molecule has 1 N–H and O–H groups in total. The standard InChI is InChI=1S/C23H26N4O3/c1-3-10-24-23(28)20-14-17-13-19(27(29)30)8-9-21(17)26-12-11-25(15-22(20)26)18-6-4-16(2)5-7-18/h3-9,13,20,22H,1,10-12,14-15H2,2H3,(H,24,28)/t20-,22+/m1/s1. The Bertz CT molecular complexity index is 973. The fraction of sp³-hybridized carbons (Fsp3) is 0.348. The lowest BCUT2D eigenvalue weighted by Crippen LogP contribution is -2.61. The zero-order valence-electron chi connectivity index (χ0n) is 17.1. The molecule has 2 aromatic carbocycles. The summed E-state index contributed by atoms with van der Waals surface area (Å²) < 4.78 is 0. The Balaban J connectivity index is 1.67. The number of amides is 1. The number of nitrogens with one attached hydrogen (secondary N) is 1. The molecule has 0 aromatic heterocycles. The molecule has 0 saturated carbocycles. The first-order valence-corrected chi connectivity index (χ1v) is 10.2. The van der Waals surface area contributed by atoms with Gasteiger partial charge in [-0.1, -0.05) is 23.8 Å². The van der Waals surface area contributed by atoms with E-state index in [1.165, 1.54) is 5.56 Å². The van der Waals surface area contributed by atoms with Crippen LogP contribution in [0.25, 0.3) is 0 Å². The van der Waals surface area contributed by atoms with Gasteiger partial charge in [0, 0.05) is 49.7 Å². The minimum Gasteiger partial charge on any atom is -0.368 e. The number of nitro benzene ring substituents is 1. The zero-order valence-corrected chi connectivity index (χ0v) is 17.1. The number of benzene rings is 2. The number of anilines is 2. The molecular weight excluding hydrogens is 380 g/mol. The summed E-state index contributed by atoms with van der Waals surface area (Å²) in [6.45, 7) is 8.47. The molecule has 2 aliphatic rings. The maximum absolute atomic E-state index is 13.0. The molecule has 0 unspecified atom stereocenters. The molecule has 1 fully saturated rings. The van der Waals surface area contributed by atoms with Gasteiger partial charge < -0.3 is 15.1 Å². The summed E-state index contributed by atoms with van der Waals surface area (Å²) >= 11 is 0. The van der Waals surface area contributed by atoms with E-state index in [2.05, 4.69) is 52.9 Å². The Morgan fingerprint density at radius 1 is 1.27 bits per heavy atom. The molecule has 2 heterocycles. The number of fused-ring (bicyclic) bond motifs is 3. The van der Waals surface area contributed by atoms with Gasteiger partial charge in [0.15, 0.2) is 0 Å². The number of nitrogens with zero attached hydrogens (tertiary/aromatic N) is 3. The summed E-state index contributed by atoms with van der Waals surface area (Å²) in [4.78, 5) is 28.4. The van der Waals surface area contributed by atoms with Crippen LogP contribution in [0.1, 0.15) is 11.1 Å². The van der Waals surface area contributed by atoms with Gasteiger partial charge in [-0.15, -0.1) is 6.58 Å². The van der Waals surface area contributed by atoms with E-state index in [0.717, 1.165) is 36.6 Å². The highest BCUT2D eigenvalue weighted by molar-refractivity contribution is 5.82. The predicted molar refractivity (Wildman–Crippen MR) is 118 cm³/mol. The monoisotopic (exact) mass is 406 g/mol. The SMILES string of the molecule is C=CCNC(=O)[C@@H]1Cc2cc([N+](=O)[O-])ccc2N2CCN(c3ccc(C)cc3)C[C@@H]12. The highest BCUT2D eigenvalue weighted by Crippen LogP contribution is 2.38. The van der Waals surface area contributed by atoms with Crippen molar-refractivity contribution in [2.24, 2.45) is 5.92 Å². The normalized spacial score (nSPS) is 20.2. The van der Waals surface area contributed by atoms with Gasteiger partial charge in [0.05, 0.1) is 16.9 Å². The second-order valence-corrected chi connectivity index (χ2v) is 7.96. The Morgan fingerprint density at radius 3 is 2.73 bits per heavy atom. The molecule has 1 amide bonds. The quantitative estimate of drug-likeness (QED) is 0.469. The highest BCUT2D eigenvalue weighted by Gasteiger charge is 2.42. The van der Waals surface area contributed by atoms with Crippen molar-refractivity contribution >= 4 is 23.0 Å². The van der Waals surface area contributed by atoms with Gasteiger partial charge >= 0.3 is 0 Å². The van der Waals surface area contributed by atoms with E-state index in [0.29, 0.717) is 13.0 Å². The number of piperazine rings is 1. The molecule has 4 rings (SSSR count). The van der Waals surface area contributed by atoms with Gasteiger partial charge in [-0.2, -0.15) is 0 Å². The summed E-state index contributed by atoms with van der Waals surface area (Å²) in [5.74, 6) is -0.319. The van der Waals surface area contributed by atoms with E-state index in [1.54, 1.807) is 18.2 Å². The van der Waals surface area contributed by atoms with E-state index in [-0.39, 0.29) is 28.5 Å². The van der Waals surface area contributed by atoms with Crippen LogP contribution in [0, 0.1) is 23.0 Å². The second-order valence-electron chi connectivity index (χ2n) is 7.96. The van der Waals surface area contributed by atoms with Gasteiger partial charge in [0.1, 0.15) is 0 Å². The molecule has 0 bridgehead atoms. The summed E-state index contributed by atoms with van der Waals surface area (Å²) in [7, 11) is 0. The first-order valence-electron chi connectivity index (χ1n) is 10.2. The molecule has 0 spiro atoms. The molecule has 7 nitrogen and oxygen atoms in total. The highest BCUT2D eigenvalue weighted by atomic mass is 16.6. The predicted octanol–water partition coefficient (Wildman–Crippen LogP) is 3.07. The van der Waals surface area contributed by atoms with E-state index < -0.39 is 0 Å². The molecule has 0 aliphatic carbocycles. The number of carbonyl (C=O) groups excluding carboxylic acids is 1. The third-order valence-electron chi connectivity index (χ3n) is 6.06. The van der Waals surface area contributed by atoms with Crippen LogP contribution in [0.2, 0.25) is 0 Å². The fourth-order valence-corrected chi connectivity index (χ4v) is 4.52. The molecule has 1 saturated heterocycles. The van der Waals surface area contributed by atoms with Gasteiger partial charge in [0.25, 0.3) is 5.69 Å². The van der Waals surface area contributed by atoms with Crippen molar-refractivity contribution < 1.29 is 9.72 Å². The van der Waals surface area contributed by atoms with Crippen molar-refractivity contribution in [3.05, 3.63) is 76.4 Å². The third kappa shape index (κ3) is 3.75. The van der Waals surface area contributed by atoms with Crippen LogP contribution in [-0.4, -0.2) is 43.1 Å². The van der Waals surface area contributed by atoms with Crippen LogP contribution < -0.4 is 15.1 Å². The number of rotatable bonds is 5. The van der Waals surface area contributed by atoms with Gasteiger partial charge in [0.2, 0.25) is 5.91 Å². The van der Waals surface area contributed by atoms with Gasteiger partial charge in [-0.3, -0.25) is 14.9 Å². The van der Waals surface area contributed by atoms with Crippen molar-refractivity contribution in [2.45, 2.75) is 19.4 Å². The Morgan fingerprint density at radius 2 is 2.03 bits per heavy atom. The summed E-state index contributed by atoms with van der Waals surface area (Å²) in [6.07, 6.45) is 2.15. The minimum absolute atomic E-state index is 0.00109. The zero-order chi connectivity index (χ0) is 21.3. The first-order chi connectivity index (χ1) is 14.5. The van der Waals surface area contributed by atoms with Crippen LogP contribution in [-0.2, 0) is 11.2 Å². The maximum atomic E-state index is 13.0. The largest absolute Gasteiger partial charge is 0.368 e. The molecule has 30 heavy (non-hydrogen) atoms. The average Bonchev–Trinajstić information content (AvgIpc) is 2.76. The number of hydrogen-bond acceptors (Lipinski definition) is 5. The lowest BCUT2D eigenvalue weighted by molar-refractivity contribution is -0.384. The number of hydrogen-bond donors (Lipinski definition) is 1. The van der Waals surface area contributed by atoms with Crippen LogP contribution in [0.3, 0.4) is 0 Å². The van der Waals surface area contributed by atoms with E-state index >= 15 is 0 Å². The Hall–Kier alpha value is -3.35. The molecule has 7 heteroatoms. The summed E-state index contributed by atoms with van der Waals surface area (Å²) in [5.41, 5.74) is 4.30. The Kier molecular flexibility index (Phi) is 5.44. The van der Waals surface area contributed by atoms with Crippen LogP contribution in [0.15, 0.2) is 55.1 Å².